The molecule has 0 aliphatic carbocycles. The summed E-state index contributed by atoms with van der Waals surface area (Å²) in [4.78, 5) is 24.4. The van der Waals surface area contributed by atoms with Crippen molar-refractivity contribution in [3.63, 3.8) is 0 Å². The Morgan fingerprint density at radius 2 is 2.00 bits per heavy atom. The summed E-state index contributed by atoms with van der Waals surface area (Å²) in [7, 11) is 1.70. The van der Waals surface area contributed by atoms with Crippen molar-refractivity contribution in [2.75, 3.05) is 26.7 Å². The largest absolute Gasteiger partial charge is 0.347 e. The van der Waals surface area contributed by atoms with E-state index in [0.717, 1.165) is 0 Å². The molecule has 0 aromatic rings. The Morgan fingerprint density at radius 3 is 2.40 bits per heavy atom. The zero-order chi connectivity index (χ0) is 11.8. The summed E-state index contributed by atoms with van der Waals surface area (Å²) in [6, 6.07) is 0. The highest BCUT2D eigenvalue weighted by atomic mass is 16.2. The van der Waals surface area contributed by atoms with E-state index < -0.39 is 0 Å². The van der Waals surface area contributed by atoms with Crippen molar-refractivity contribution < 1.29 is 9.59 Å². The number of carbonyl (C=O) groups is 2. The summed E-state index contributed by atoms with van der Waals surface area (Å²) >= 11 is 0. The fourth-order valence-electron chi connectivity index (χ4n) is 1.08. The van der Waals surface area contributed by atoms with E-state index in [4.69, 9.17) is 5.73 Å². The third-order valence-corrected chi connectivity index (χ3v) is 2.46. The van der Waals surface area contributed by atoms with Crippen LogP contribution in [0, 0.1) is 5.92 Å². The number of nitrogens with zero attached hydrogens (tertiary/aromatic N) is 1. The molecule has 88 valence electrons. The van der Waals surface area contributed by atoms with Crippen molar-refractivity contribution in [2.24, 2.45) is 11.7 Å². The van der Waals surface area contributed by atoms with Crippen molar-refractivity contribution in [1.29, 1.82) is 0 Å². The smallest absolute Gasteiger partial charge is 0.241 e. The first kappa shape index (κ1) is 13.9. The second-order valence-corrected chi connectivity index (χ2v) is 3.47. The second-order valence-electron chi connectivity index (χ2n) is 3.47. The minimum absolute atomic E-state index is 0.0552. The van der Waals surface area contributed by atoms with Crippen LogP contribution < -0.4 is 11.1 Å². The molecular formula is C10H21N3O2. The van der Waals surface area contributed by atoms with E-state index in [1.807, 2.05) is 13.8 Å². The van der Waals surface area contributed by atoms with E-state index in [-0.39, 0.29) is 24.3 Å². The normalized spacial score (nSPS) is 12.0. The van der Waals surface area contributed by atoms with E-state index in [9.17, 15) is 9.59 Å². The molecule has 0 aromatic carbocycles. The third kappa shape index (κ3) is 4.78. The van der Waals surface area contributed by atoms with Crippen LogP contribution in [-0.2, 0) is 9.59 Å². The van der Waals surface area contributed by atoms with Crippen molar-refractivity contribution in [2.45, 2.75) is 20.3 Å². The highest BCUT2D eigenvalue weighted by Gasteiger charge is 2.15. The molecule has 1 unspecified atom stereocenters. The van der Waals surface area contributed by atoms with Crippen molar-refractivity contribution >= 4 is 11.8 Å². The topological polar surface area (TPSA) is 75.4 Å². The molecule has 0 aliphatic rings. The van der Waals surface area contributed by atoms with Gasteiger partial charge in [0.2, 0.25) is 11.8 Å². The van der Waals surface area contributed by atoms with Gasteiger partial charge in [-0.05, 0) is 13.3 Å². The number of rotatable bonds is 6. The first-order chi connectivity index (χ1) is 7.06. The van der Waals surface area contributed by atoms with Crippen LogP contribution in [0.4, 0.5) is 0 Å². The number of hydrogen-bond donors (Lipinski definition) is 2. The summed E-state index contributed by atoms with van der Waals surface area (Å²) in [6.45, 7) is 4.80. The fourth-order valence-corrected chi connectivity index (χ4v) is 1.08. The average molecular weight is 215 g/mol. The molecule has 2 amide bonds. The summed E-state index contributed by atoms with van der Waals surface area (Å²) in [5.41, 5.74) is 5.42. The molecule has 0 spiro atoms. The fraction of sp³-hybridized carbons (Fsp3) is 0.800. The lowest BCUT2D eigenvalue weighted by molar-refractivity contribution is -0.132. The molecule has 5 heteroatoms. The van der Waals surface area contributed by atoms with Gasteiger partial charge < -0.3 is 16.0 Å². The SMILES string of the molecule is CCC(CN)C(=O)NCC(=O)N(C)CC. The molecule has 15 heavy (non-hydrogen) atoms. The van der Waals surface area contributed by atoms with E-state index in [0.29, 0.717) is 19.5 Å². The number of nitrogens with two attached hydrogens (primary N) is 1. The third-order valence-electron chi connectivity index (χ3n) is 2.46. The number of nitrogens with one attached hydrogen (secondary N) is 1. The lowest BCUT2D eigenvalue weighted by Crippen LogP contribution is -2.41. The van der Waals surface area contributed by atoms with E-state index >= 15 is 0 Å². The molecule has 0 rings (SSSR count). The molecule has 0 aromatic heterocycles. The van der Waals surface area contributed by atoms with Crippen molar-refractivity contribution in [3.05, 3.63) is 0 Å². The van der Waals surface area contributed by atoms with Crippen LogP contribution in [-0.4, -0.2) is 43.4 Å². The number of amides is 2. The maximum atomic E-state index is 11.5. The summed E-state index contributed by atoms with van der Waals surface area (Å²) in [5.74, 6) is -0.416. The zero-order valence-corrected chi connectivity index (χ0v) is 9.75. The second kappa shape index (κ2) is 7.23. The van der Waals surface area contributed by atoms with Gasteiger partial charge in [-0.2, -0.15) is 0 Å². The van der Waals surface area contributed by atoms with Gasteiger partial charge in [-0.3, -0.25) is 9.59 Å². The summed E-state index contributed by atoms with van der Waals surface area (Å²) in [6.07, 6.45) is 0.695. The highest BCUT2D eigenvalue weighted by Crippen LogP contribution is 1.98. The van der Waals surface area contributed by atoms with Gasteiger partial charge in [0.1, 0.15) is 0 Å². The van der Waals surface area contributed by atoms with Crippen LogP contribution in [0.25, 0.3) is 0 Å². The molecule has 0 bridgehead atoms. The van der Waals surface area contributed by atoms with Crippen LogP contribution >= 0.6 is 0 Å². The van der Waals surface area contributed by atoms with Crippen LogP contribution in [0.2, 0.25) is 0 Å². The Hall–Kier alpha value is -1.10. The predicted molar refractivity (Wildman–Crippen MR) is 59.2 cm³/mol. The molecule has 1 atom stereocenters. The molecule has 0 saturated heterocycles. The predicted octanol–water partition coefficient (Wildman–Crippen LogP) is -0.434. The van der Waals surface area contributed by atoms with Gasteiger partial charge in [-0.15, -0.1) is 0 Å². The van der Waals surface area contributed by atoms with Crippen molar-refractivity contribution in [3.8, 4) is 0 Å². The Labute approximate surface area is 91.0 Å². The van der Waals surface area contributed by atoms with Crippen LogP contribution in [0.1, 0.15) is 20.3 Å². The van der Waals surface area contributed by atoms with Gasteiger partial charge >= 0.3 is 0 Å². The molecular weight excluding hydrogens is 194 g/mol. The quantitative estimate of drug-likeness (QED) is 0.631. The molecule has 0 saturated carbocycles. The number of hydrogen-bond acceptors (Lipinski definition) is 3. The minimum Gasteiger partial charge on any atom is -0.347 e. The maximum absolute atomic E-state index is 11.5. The highest BCUT2D eigenvalue weighted by molar-refractivity contribution is 5.85. The standard InChI is InChI=1S/C10H21N3O2/c1-4-8(6-11)10(15)12-7-9(14)13(3)5-2/h8H,4-7,11H2,1-3H3,(H,12,15). The zero-order valence-electron chi connectivity index (χ0n) is 9.75. The first-order valence-electron chi connectivity index (χ1n) is 5.28. The monoisotopic (exact) mass is 215 g/mol. The van der Waals surface area contributed by atoms with Crippen LogP contribution in [0.15, 0.2) is 0 Å². The molecule has 0 heterocycles. The molecule has 5 nitrogen and oxygen atoms in total. The first-order valence-corrected chi connectivity index (χ1v) is 5.28. The summed E-state index contributed by atoms with van der Waals surface area (Å²) in [5, 5.41) is 2.59. The Balaban J connectivity index is 3.94. The average Bonchev–Trinajstić information content (AvgIpc) is 2.26. The number of likely N-dealkylation sites (N-methyl/N-ethyl adjacent to an activating group) is 1. The summed E-state index contributed by atoms with van der Waals surface area (Å²) < 4.78 is 0. The Kier molecular flexibility index (Phi) is 6.70. The maximum Gasteiger partial charge on any atom is 0.241 e. The molecule has 0 fully saturated rings. The van der Waals surface area contributed by atoms with Crippen molar-refractivity contribution in [1.82, 2.24) is 10.2 Å². The molecule has 3 N–H and O–H groups in total. The lowest BCUT2D eigenvalue weighted by Gasteiger charge is -2.16. The minimum atomic E-state index is -0.190. The van der Waals surface area contributed by atoms with Crippen LogP contribution in [0.3, 0.4) is 0 Å². The van der Waals surface area contributed by atoms with Gasteiger partial charge in [0.15, 0.2) is 0 Å². The van der Waals surface area contributed by atoms with Gasteiger partial charge in [-0.1, -0.05) is 6.92 Å². The Bertz CT molecular complexity index is 215. The van der Waals surface area contributed by atoms with Gasteiger partial charge in [0.05, 0.1) is 6.54 Å². The van der Waals surface area contributed by atoms with E-state index in [1.54, 1.807) is 11.9 Å². The van der Waals surface area contributed by atoms with Gasteiger partial charge in [-0.25, -0.2) is 0 Å². The van der Waals surface area contributed by atoms with Crippen LogP contribution in [0.5, 0.6) is 0 Å². The van der Waals surface area contributed by atoms with E-state index in [1.165, 1.54) is 0 Å². The number of carbonyl (C=O) groups excluding carboxylic acids is 2. The Morgan fingerprint density at radius 1 is 1.40 bits per heavy atom. The van der Waals surface area contributed by atoms with Gasteiger partial charge in [0, 0.05) is 26.1 Å². The van der Waals surface area contributed by atoms with Gasteiger partial charge in [0.25, 0.3) is 0 Å². The lowest BCUT2D eigenvalue weighted by atomic mass is 10.1. The van der Waals surface area contributed by atoms with E-state index in [2.05, 4.69) is 5.32 Å². The molecule has 0 radical (unpaired) electrons. The molecule has 0 aliphatic heterocycles.